The first-order chi connectivity index (χ1) is 11.5. The summed E-state index contributed by atoms with van der Waals surface area (Å²) in [4.78, 5) is 1.97. The van der Waals surface area contributed by atoms with Crippen molar-refractivity contribution in [1.29, 1.82) is 5.53 Å². The number of hydrogen-bond acceptors (Lipinski definition) is 5. The number of ether oxygens (including phenoxy) is 2. The Morgan fingerprint density at radius 1 is 1.12 bits per heavy atom. The van der Waals surface area contributed by atoms with E-state index < -0.39 is 0 Å². The molecule has 6 heteroatoms. The molecule has 1 N–H and O–H groups in total. The minimum absolute atomic E-state index is 0.391. The molecule has 4 nitrogen and oxygen atoms in total. The van der Waals surface area contributed by atoms with Gasteiger partial charge < -0.3 is 9.47 Å². The molecule has 0 aliphatic rings. The predicted molar refractivity (Wildman–Crippen MR) is 98.3 cm³/mol. The van der Waals surface area contributed by atoms with E-state index in [2.05, 4.69) is 19.0 Å². The Balaban J connectivity index is 2.36. The lowest BCUT2D eigenvalue weighted by atomic mass is 10.2. The molecule has 0 unspecified atom stereocenters. The highest BCUT2D eigenvalue weighted by molar-refractivity contribution is 7.99. The molecule has 0 fully saturated rings. The molecule has 0 spiro atoms. The number of hydrogen-bond donors (Lipinski definition) is 1. The summed E-state index contributed by atoms with van der Waals surface area (Å²) >= 11 is 7.51. The standard InChI is InChI=1S/C18H21ClN2O2S/c1-4-22-17-9-15(21-20)16(23-11-12(2)3)10-18(17)24-14-7-5-13(19)6-8-14/h5-10,12,20H,4,11H2,1-3H3. The van der Waals surface area contributed by atoms with E-state index in [-0.39, 0.29) is 0 Å². The number of rotatable bonds is 8. The topological polar surface area (TPSA) is 54.7 Å². The molecule has 0 aliphatic heterocycles. The van der Waals surface area contributed by atoms with Gasteiger partial charge in [0, 0.05) is 22.1 Å². The van der Waals surface area contributed by atoms with Crippen molar-refractivity contribution in [3.8, 4) is 11.5 Å². The van der Waals surface area contributed by atoms with Crippen molar-refractivity contribution in [3.05, 3.63) is 41.4 Å². The van der Waals surface area contributed by atoms with E-state index in [1.165, 1.54) is 0 Å². The zero-order valence-corrected chi connectivity index (χ0v) is 15.6. The Hall–Kier alpha value is -1.72. The van der Waals surface area contributed by atoms with Gasteiger partial charge in [-0.25, -0.2) is 5.53 Å². The van der Waals surface area contributed by atoms with Crippen LogP contribution in [-0.2, 0) is 0 Å². The van der Waals surface area contributed by atoms with E-state index in [0.29, 0.717) is 41.3 Å². The molecular formula is C18H21ClN2O2S. The van der Waals surface area contributed by atoms with E-state index >= 15 is 0 Å². The molecule has 0 saturated heterocycles. The molecule has 2 aromatic carbocycles. The number of halogens is 1. The third-order valence-corrected chi connectivity index (χ3v) is 4.36. The van der Waals surface area contributed by atoms with Gasteiger partial charge in [-0.1, -0.05) is 37.2 Å². The highest BCUT2D eigenvalue weighted by Crippen LogP contribution is 2.42. The summed E-state index contributed by atoms with van der Waals surface area (Å²) in [5.74, 6) is 1.68. The number of nitrogens with zero attached hydrogens (tertiary/aromatic N) is 1. The van der Waals surface area contributed by atoms with Crippen LogP contribution in [0.3, 0.4) is 0 Å². The summed E-state index contributed by atoms with van der Waals surface area (Å²) in [6, 6.07) is 11.3. The third kappa shape index (κ3) is 5.14. The summed E-state index contributed by atoms with van der Waals surface area (Å²) in [6.45, 7) is 7.20. The van der Waals surface area contributed by atoms with Crippen LogP contribution in [0.25, 0.3) is 0 Å². The van der Waals surface area contributed by atoms with Crippen molar-refractivity contribution in [2.45, 2.75) is 30.6 Å². The molecule has 2 rings (SSSR count). The van der Waals surface area contributed by atoms with Gasteiger partial charge in [0.25, 0.3) is 0 Å². The van der Waals surface area contributed by atoms with E-state index in [1.54, 1.807) is 17.8 Å². The van der Waals surface area contributed by atoms with Gasteiger partial charge in [0.1, 0.15) is 17.2 Å². The van der Waals surface area contributed by atoms with Gasteiger partial charge in [-0.05, 0) is 37.1 Å². The second-order valence-electron chi connectivity index (χ2n) is 5.57. The summed E-state index contributed by atoms with van der Waals surface area (Å²) < 4.78 is 11.5. The minimum Gasteiger partial charge on any atom is -0.493 e. The van der Waals surface area contributed by atoms with Crippen LogP contribution in [0.1, 0.15) is 20.8 Å². The van der Waals surface area contributed by atoms with Crippen LogP contribution in [0.5, 0.6) is 11.5 Å². The molecule has 0 bridgehead atoms. The Bertz CT molecular complexity index is 690. The lowest BCUT2D eigenvalue weighted by molar-refractivity contribution is 0.270. The van der Waals surface area contributed by atoms with Crippen LogP contribution < -0.4 is 9.47 Å². The molecule has 0 saturated carbocycles. The largest absolute Gasteiger partial charge is 0.493 e. The average molecular weight is 365 g/mol. The fourth-order valence-electron chi connectivity index (χ4n) is 1.97. The zero-order valence-electron chi connectivity index (χ0n) is 14.0. The highest BCUT2D eigenvalue weighted by atomic mass is 35.5. The van der Waals surface area contributed by atoms with Crippen molar-refractivity contribution < 1.29 is 9.47 Å². The minimum atomic E-state index is 0.391. The number of nitrogens with one attached hydrogen (secondary N) is 1. The first-order valence-electron chi connectivity index (χ1n) is 7.78. The third-order valence-electron chi connectivity index (χ3n) is 3.06. The molecule has 2 aromatic rings. The molecule has 0 atom stereocenters. The van der Waals surface area contributed by atoms with E-state index in [0.717, 1.165) is 9.79 Å². The first-order valence-corrected chi connectivity index (χ1v) is 8.97. The maximum atomic E-state index is 7.38. The Morgan fingerprint density at radius 3 is 2.42 bits per heavy atom. The molecule has 24 heavy (non-hydrogen) atoms. The normalized spacial score (nSPS) is 10.7. The lowest BCUT2D eigenvalue weighted by Gasteiger charge is -2.15. The molecule has 128 valence electrons. The Morgan fingerprint density at radius 2 is 1.83 bits per heavy atom. The predicted octanol–water partition coefficient (Wildman–Crippen LogP) is 6.59. The maximum absolute atomic E-state index is 7.38. The fraction of sp³-hybridized carbons (Fsp3) is 0.333. The van der Waals surface area contributed by atoms with Gasteiger partial charge in [0.05, 0.1) is 18.1 Å². The monoisotopic (exact) mass is 364 g/mol. The van der Waals surface area contributed by atoms with Crippen LogP contribution in [-0.4, -0.2) is 13.2 Å². The van der Waals surface area contributed by atoms with Crippen LogP contribution in [0.15, 0.2) is 51.3 Å². The van der Waals surface area contributed by atoms with E-state index in [4.69, 9.17) is 26.6 Å². The first kappa shape index (κ1) is 18.6. The van der Waals surface area contributed by atoms with E-state index in [9.17, 15) is 0 Å². The average Bonchev–Trinajstić information content (AvgIpc) is 2.56. The van der Waals surface area contributed by atoms with Gasteiger partial charge >= 0.3 is 0 Å². The van der Waals surface area contributed by atoms with Gasteiger partial charge in [-0.15, -0.1) is 0 Å². The fourth-order valence-corrected chi connectivity index (χ4v) is 3.00. The van der Waals surface area contributed by atoms with Gasteiger partial charge in [-0.2, -0.15) is 5.11 Å². The molecule has 0 aromatic heterocycles. The van der Waals surface area contributed by atoms with Crippen molar-refractivity contribution in [1.82, 2.24) is 0 Å². The summed E-state index contributed by atoms with van der Waals surface area (Å²) in [5.41, 5.74) is 7.85. The molecule has 0 aliphatic carbocycles. The SMILES string of the molecule is CCOc1cc(N=N)c(OCC(C)C)cc1Sc1ccc(Cl)cc1. The van der Waals surface area contributed by atoms with E-state index in [1.807, 2.05) is 37.3 Å². The van der Waals surface area contributed by atoms with Crippen molar-refractivity contribution >= 4 is 29.1 Å². The summed E-state index contributed by atoms with van der Waals surface area (Å²) in [6.07, 6.45) is 0. The van der Waals surface area contributed by atoms with Crippen LogP contribution >= 0.6 is 23.4 Å². The van der Waals surface area contributed by atoms with Crippen LogP contribution in [0.2, 0.25) is 5.02 Å². The van der Waals surface area contributed by atoms with Crippen LogP contribution in [0.4, 0.5) is 5.69 Å². The summed E-state index contributed by atoms with van der Waals surface area (Å²) in [5, 5.41) is 4.27. The van der Waals surface area contributed by atoms with Gasteiger partial charge in [-0.3, -0.25) is 0 Å². The maximum Gasteiger partial charge on any atom is 0.148 e. The van der Waals surface area contributed by atoms with Crippen LogP contribution in [0, 0.1) is 11.4 Å². The van der Waals surface area contributed by atoms with Crippen molar-refractivity contribution in [3.63, 3.8) is 0 Å². The molecular weight excluding hydrogens is 344 g/mol. The van der Waals surface area contributed by atoms with Gasteiger partial charge in [0.15, 0.2) is 0 Å². The van der Waals surface area contributed by atoms with Gasteiger partial charge in [0.2, 0.25) is 0 Å². The van der Waals surface area contributed by atoms with Crippen molar-refractivity contribution in [2.24, 2.45) is 11.0 Å². The quantitative estimate of drug-likeness (QED) is 0.537. The second-order valence-corrected chi connectivity index (χ2v) is 7.12. The Kier molecular flexibility index (Phi) is 6.94. The zero-order chi connectivity index (χ0) is 17.5. The molecule has 0 amide bonds. The second kappa shape index (κ2) is 8.94. The smallest absolute Gasteiger partial charge is 0.148 e. The lowest BCUT2D eigenvalue weighted by Crippen LogP contribution is -2.05. The summed E-state index contributed by atoms with van der Waals surface area (Å²) in [7, 11) is 0. The number of benzene rings is 2. The molecule has 0 radical (unpaired) electrons. The van der Waals surface area contributed by atoms with Crippen molar-refractivity contribution in [2.75, 3.05) is 13.2 Å². The Labute approximate surface area is 152 Å². The molecule has 0 heterocycles. The highest BCUT2D eigenvalue weighted by Gasteiger charge is 2.14.